The molecule has 4 rings (SSSR count). The van der Waals surface area contributed by atoms with E-state index in [-0.39, 0.29) is 11.9 Å². The summed E-state index contributed by atoms with van der Waals surface area (Å²) in [6.45, 7) is 3.99. The predicted octanol–water partition coefficient (Wildman–Crippen LogP) is 5.76. The van der Waals surface area contributed by atoms with E-state index < -0.39 is 0 Å². The van der Waals surface area contributed by atoms with Crippen molar-refractivity contribution in [2.75, 3.05) is 11.9 Å². The first-order chi connectivity index (χ1) is 14.1. The van der Waals surface area contributed by atoms with Gasteiger partial charge in [0.1, 0.15) is 9.71 Å². The van der Waals surface area contributed by atoms with Gasteiger partial charge in [0.05, 0.1) is 11.3 Å². The van der Waals surface area contributed by atoms with Crippen molar-refractivity contribution in [3.05, 3.63) is 70.6 Å². The number of esters is 1. The predicted molar refractivity (Wildman–Crippen MR) is 118 cm³/mol. The summed E-state index contributed by atoms with van der Waals surface area (Å²) >= 11 is 2.65. The molecule has 0 unspecified atom stereocenters. The van der Waals surface area contributed by atoms with Gasteiger partial charge >= 0.3 is 5.97 Å². The first-order valence-electron chi connectivity index (χ1n) is 9.10. The van der Waals surface area contributed by atoms with Gasteiger partial charge in [0.25, 0.3) is 5.91 Å². The Balaban J connectivity index is 1.51. The number of carbonyl (C=O) groups is 2. The van der Waals surface area contributed by atoms with Gasteiger partial charge in [-0.05, 0) is 42.7 Å². The lowest BCUT2D eigenvalue weighted by Gasteiger charge is -2.04. The van der Waals surface area contributed by atoms with Gasteiger partial charge in [-0.1, -0.05) is 53.8 Å². The summed E-state index contributed by atoms with van der Waals surface area (Å²) in [5.74, 6) is -0.543. The molecule has 7 heteroatoms. The van der Waals surface area contributed by atoms with Crippen molar-refractivity contribution in [2.45, 2.75) is 13.8 Å². The van der Waals surface area contributed by atoms with Crippen LogP contribution in [0, 0.1) is 6.92 Å². The molecule has 0 fully saturated rings. The molecule has 0 saturated carbocycles. The molecule has 0 radical (unpaired) electrons. The highest BCUT2D eigenvalue weighted by molar-refractivity contribution is 7.30. The molecule has 2 aromatic heterocycles. The van der Waals surface area contributed by atoms with Crippen molar-refractivity contribution in [1.29, 1.82) is 0 Å². The van der Waals surface area contributed by atoms with Crippen molar-refractivity contribution in [1.82, 2.24) is 4.98 Å². The minimum Gasteiger partial charge on any atom is -0.462 e. The van der Waals surface area contributed by atoms with Gasteiger partial charge in [0, 0.05) is 5.56 Å². The second-order valence-corrected chi connectivity index (χ2v) is 8.33. The van der Waals surface area contributed by atoms with Crippen LogP contribution in [-0.4, -0.2) is 23.5 Å². The van der Waals surface area contributed by atoms with E-state index in [2.05, 4.69) is 10.3 Å². The molecule has 4 aromatic rings. The van der Waals surface area contributed by atoms with Crippen LogP contribution in [0.2, 0.25) is 0 Å². The van der Waals surface area contributed by atoms with Gasteiger partial charge in [-0.3, -0.25) is 10.1 Å². The highest BCUT2D eigenvalue weighted by Gasteiger charge is 2.20. The summed E-state index contributed by atoms with van der Waals surface area (Å²) in [4.78, 5) is 30.4. The molecule has 0 saturated heterocycles. The lowest BCUT2D eigenvalue weighted by molar-refractivity contribution is 0.0531. The fraction of sp³-hybridized carbons (Fsp3) is 0.136. The van der Waals surface area contributed by atoms with Crippen molar-refractivity contribution < 1.29 is 14.3 Å². The molecule has 0 aliphatic carbocycles. The number of thiazole rings is 1. The molecular weight excluding hydrogens is 404 g/mol. The molecule has 0 atom stereocenters. The summed E-state index contributed by atoms with van der Waals surface area (Å²) in [6.07, 6.45) is 0. The molecule has 0 spiro atoms. The van der Waals surface area contributed by atoms with Crippen LogP contribution in [0.25, 0.3) is 20.7 Å². The molecule has 0 bridgehead atoms. The van der Waals surface area contributed by atoms with Gasteiger partial charge in [-0.25, -0.2) is 9.78 Å². The first kappa shape index (κ1) is 19.3. The number of thiophene rings is 1. The van der Waals surface area contributed by atoms with Crippen LogP contribution in [0.1, 0.15) is 32.5 Å². The molecule has 2 aromatic carbocycles. The number of aryl methyl sites for hydroxylation is 1. The number of nitrogens with zero attached hydrogens (tertiary/aromatic N) is 1. The normalized spacial score (nSPS) is 10.8. The van der Waals surface area contributed by atoms with Crippen molar-refractivity contribution in [3.8, 4) is 11.1 Å². The SMILES string of the molecule is CCOC(=O)c1sc2nc(NC(=O)c3ccc(-c4ccccc4)cc3)sc2c1C. The number of anilines is 1. The van der Waals surface area contributed by atoms with E-state index in [1.807, 2.05) is 49.4 Å². The van der Waals surface area contributed by atoms with Crippen LogP contribution in [0.15, 0.2) is 54.6 Å². The monoisotopic (exact) mass is 422 g/mol. The van der Waals surface area contributed by atoms with E-state index in [4.69, 9.17) is 4.74 Å². The number of fused-ring (bicyclic) bond motifs is 1. The average Bonchev–Trinajstić information content (AvgIpc) is 3.27. The van der Waals surface area contributed by atoms with Gasteiger partial charge in [-0.15, -0.1) is 11.3 Å². The number of ether oxygens (including phenoxy) is 1. The number of rotatable bonds is 5. The summed E-state index contributed by atoms with van der Waals surface area (Å²) in [5, 5.41) is 3.37. The van der Waals surface area contributed by atoms with E-state index in [0.29, 0.717) is 22.2 Å². The lowest BCUT2D eigenvalue weighted by atomic mass is 10.0. The summed E-state index contributed by atoms with van der Waals surface area (Å²) in [5.41, 5.74) is 3.56. The Morgan fingerprint density at radius 3 is 2.34 bits per heavy atom. The number of amides is 1. The fourth-order valence-electron chi connectivity index (χ4n) is 2.95. The number of hydrogen-bond acceptors (Lipinski definition) is 6. The Labute approximate surface area is 176 Å². The molecule has 0 aliphatic rings. The Kier molecular flexibility index (Phi) is 5.42. The molecule has 1 N–H and O–H groups in total. The number of benzene rings is 2. The van der Waals surface area contributed by atoms with Crippen molar-refractivity contribution in [3.63, 3.8) is 0 Å². The number of carbonyl (C=O) groups excluding carboxylic acids is 2. The highest BCUT2D eigenvalue weighted by atomic mass is 32.1. The molecule has 1 amide bonds. The zero-order chi connectivity index (χ0) is 20.4. The lowest BCUT2D eigenvalue weighted by Crippen LogP contribution is -2.11. The Bertz CT molecular complexity index is 1180. The van der Waals surface area contributed by atoms with E-state index in [9.17, 15) is 9.59 Å². The zero-order valence-corrected chi connectivity index (χ0v) is 17.5. The quantitative estimate of drug-likeness (QED) is 0.415. The third-order valence-electron chi connectivity index (χ3n) is 4.41. The van der Waals surface area contributed by atoms with Crippen LogP contribution >= 0.6 is 22.7 Å². The number of hydrogen-bond donors (Lipinski definition) is 1. The topological polar surface area (TPSA) is 68.3 Å². The molecular formula is C22H18N2O3S2. The minimum absolute atomic E-state index is 0.214. The van der Waals surface area contributed by atoms with Crippen LogP contribution in [0.3, 0.4) is 0 Å². The highest BCUT2D eigenvalue weighted by Crippen LogP contribution is 2.37. The maximum Gasteiger partial charge on any atom is 0.348 e. The van der Waals surface area contributed by atoms with Gasteiger partial charge in [-0.2, -0.15) is 0 Å². The van der Waals surface area contributed by atoms with Gasteiger partial charge in [0.15, 0.2) is 5.13 Å². The largest absolute Gasteiger partial charge is 0.462 e. The molecule has 5 nitrogen and oxygen atoms in total. The number of aromatic nitrogens is 1. The van der Waals surface area contributed by atoms with E-state index in [1.54, 1.807) is 19.1 Å². The zero-order valence-electron chi connectivity index (χ0n) is 15.9. The molecule has 2 heterocycles. The van der Waals surface area contributed by atoms with Crippen molar-refractivity contribution in [2.24, 2.45) is 0 Å². The molecule has 29 heavy (non-hydrogen) atoms. The Hall–Kier alpha value is -3.03. The Morgan fingerprint density at radius 2 is 1.69 bits per heavy atom. The summed E-state index contributed by atoms with van der Waals surface area (Å²) in [7, 11) is 0. The third kappa shape index (κ3) is 3.92. The number of nitrogens with one attached hydrogen (secondary N) is 1. The van der Waals surface area contributed by atoms with Crippen molar-refractivity contribution >= 4 is 49.2 Å². The smallest absolute Gasteiger partial charge is 0.348 e. The summed E-state index contributed by atoms with van der Waals surface area (Å²) < 4.78 is 5.98. The van der Waals surface area contributed by atoms with Gasteiger partial charge < -0.3 is 4.74 Å². The van der Waals surface area contributed by atoms with Crippen LogP contribution in [0.4, 0.5) is 5.13 Å². The molecule has 0 aliphatic heterocycles. The maximum atomic E-state index is 12.6. The fourth-order valence-corrected chi connectivity index (χ4v) is 5.16. The van der Waals surface area contributed by atoms with E-state index in [0.717, 1.165) is 26.2 Å². The van der Waals surface area contributed by atoms with Gasteiger partial charge in [0.2, 0.25) is 0 Å². The van der Waals surface area contributed by atoms with E-state index >= 15 is 0 Å². The second kappa shape index (κ2) is 8.14. The maximum absolute atomic E-state index is 12.6. The van der Waals surface area contributed by atoms with Crippen LogP contribution in [-0.2, 0) is 4.74 Å². The average molecular weight is 423 g/mol. The van der Waals surface area contributed by atoms with Crippen LogP contribution in [0.5, 0.6) is 0 Å². The third-order valence-corrected chi connectivity index (χ3v) is 6.80. The Morgan fingerprint density at radius 1 is 1.00 bits per heavy atom. The van der Waals surface area contributed by atoms with E-state index in [1.165, 1.54) is 22.7 Å². The molecule has 146 valence electrons. The standard InChI is InChI=1S/C22H18N2O3S2/c1-3-27-21(26)18-13(2)17-20(28-18)24-22(29-17)23-19(25)16-11-9-15(10-12-16)14-7-5-4-6-8-14/h4-12H,3H2,1-2H3,(H,23,24,25). The second-order valence-electron chi connectivity index (χ2n) is 6.33. The first-order valence-corrected chi connectivity index (χ1v) is 10.7. The van der Waals surface area contributed by atoms with Crippen LogP contribution < -0.4 is 5.32 Å². The summed E-state index contributed by atoms with van der Waals surface area (Å²) in [6, 6.07) is 17.5. The minimum atomic E-state index is -0.329.